The van der Waals surface area contributed by atoms with Crippen LogP contribution in [-0.2, 0) is 17.8 Å². The van der Waals surface area contributed by atoms with Gasteiger partial charge in [0, 0.05) is 25.4 Å². The molecule has 1 fully saturated rings. The van der Waals surface area contributed by atoms with E-state index in [1.807, 2.05) is 11.5 Å². The Morgan fingerprint density at radius 2 is 2.37 bits per heavy atom. The van der Waals surface area contributed by atoms with Crippen molar-refractivity contribution in [3.05, 3.63) is 10.6 Å². The first kappa shape index (κ1) is 14.2. The van der Waals surface area contributed by atoms with Gasteiger partial charge in [-0.1, -0.05) is 13.8 Å². The average Bonchev–Trinajstić information content (AvgIpc) is 2.96. The second-order valence-electron chi connectivity index (χ2n) is 5.49. The third kappa shape index (κ3) is 2.88. The van der Waals surface area contributed by atoms with E-state index < -0.39 is 0 Å². The predicted octanol–water partition coefficient (Wildman–Crippen LogP) is 2.06. The van der Waals surface area contributed by atoms with E-state index in [0.717, 1.165) is 25.2 Å². The summed E-state index contributed by atoms with van der Waals surface area (Å²) in [5, 5.41) is 9.97. The number of rotatable bonds is 6. The summed E-state index contributed by atoms with van der Waals surface area (Å²) in [6, 6.07) is 0. The van der Waals surface area contributed by atoms with Crippen LogP contribution in [0.4, 0.5) is 0 Å². The summed E-state index contributed by atoms with van der Waals surface area (Å²) in [5.41, 5.74) is 0.230. The highest BCUT2D eigenvalue weighted by atomic mass is 32.1. The monoisotopic (exact) mass is 282 g/mol. The molecule has 2 atom stereocenters. The van der Waals surface area contributed by atoms with Crippen molar-refractivity contribution in [1.29, 1.82) is 0 Å². The Hall–Kier alpha value is -1.17. The van der Waals surface area contributed by atoms with Crippen LogP contribution < -0.4 is 5.32 Å². The van der Waals surface area contributed by atoms with E-state index in [2.05, 4.69) is 29.4 Å². The summed E-state index contributed by atoms with van der Waals surface area (Å²) in [6.45, 7) is 7.78. The fraction of sp³-hybridized carbons (Fsp3) is 0.769. The number of hydrogen-bond acceptors (Lipinski definition) is 3. The molecule has 6 heteroatoms. The number of carbonyl (C=O) groups excluding carboxylic acids is 1. The van der Waals surface area contributed by atoms with Crippen LogP contribution in [0.15, 0.2) is 0 Å². The van der Waals surface area contributed by atoms with Crippen molar-refractivity contribution in [3.8, 4) is 0 Å². The molecule has 2 unspecified atom stereocenters. The number of nitrogens with zero attached hydrogens (tertiary/aromatic N) is 2. The van der Waals surface area contributed by atoms with Crippen molar-refractivity contribution < 1.29 is 4.79 Å². The van der Waals surface area contributed by atoms with Gasteiger partial charge < -0.3 is 9.88 Å². The zero-order valence-corrected chi connectivity index (χ0v) is 12.6. The van der Waals surface area contributed by atoms with E-state index in [1.165, 1.54) is 0 Å². The Kier molecular flexibility index (Phi) is 4.08. The second-order valence-corrected chi connectivity index (χ2v) is 5.88. The largest absolute Gasteiger partial charge is 0.355 e. The van der Waals surface area contributed by atoms with Gasteiger partial charge in [0.15, 0.2) is 4.77 Å². The second kappa shape index (κ2) is 5.45. The van der Waals surface area contributed by atoms with E-state index in [0.29, 0.717) is 17.7 Å². The molecule has 1 saturated carbocycles. The number of aromatic nitrogens is 3. The van der Waals surface area contributed by atoms with Crippen LogP contribution in [-0.4, -0.2) is 27.2 Å². The molecule has 0 aromatic carbocycles. The molecule has 0 spiro atoms. The number of nitrogens with one attached hydrogen (secondary N) is 2. The minimum absolute atomic E-state index is 0.182. The van der Waals surface area contributed by atoms with Gasteiger partial charge in [-0.05, 0) is 37.4 Å². The highest BCUT2D eigenvalue weighted by Gasteiger charge is 2.52. The molecule has 0 saturated heterocycles. The average molecular weight is 282 g/mol. The van der Waals surface area contributed by atoms with Crippen LogP contribution in [0.25, 0.3) is 0 Å². The van der Waals surface area contributed by atoms with E-state index in [4.69, 9.17) is 12.2 Å². The maximum absolute atomic E-state index is 12.0. The number of H-pyrrole nitrogens is 1. The first-order valence-electron chi connectivity index (χ1n) is 6.93. The van der Waals surface area contributed by atoms with Crippen LogP contribution in [0.5, 0.6) is 0 Å². The van der Waals surface area contributed by atoms with E-state index >= 15 is 0 Å². The Morgan fingerprint density at radius 1 is 1.63 bits per heavy atom. The van der Waals surface area contributed by atoms with E-state index in [1.54, 1.807) is 0 Å². The van der Waals surface area contributed by atoms with Crippen molar-refractivity contribution in [2.45, 2.75) is 46.6 Å². The number of carbonyl (C=O) groups is 1. The molecule has 5 nitrogen and oxygen atoms in total. The van der Waals surface area contributed by atoms with Gasteiger partial charge in [0.2, 0.25) is 5.91 Å². The van der Waals surface area contributed by atoms with E-state index in [-0.39, 0.29) is 17.2 Å². The van der Waals surface area contributed by atoms with E-state index in [9.17, 15) is 4.79 Å². The van der Waals surface area contributed by atoms with Gasteiger partial charge in [-0.15, -0.1) is 0 Å². The van der Waals surface area contributed by atoms with Crippen LogP contribution in [0.3, 0.4) is 0 Å². The molecule has 0 aliphatic heterocycles. The summed E-state index contributed by atoms with van der Waals surface area (Å²) in [4.78, 5) is 12.0. The molecule has 1 heterocycles. The molecule has 1 aliphatic rings. The van der Waals surface area contributed by atoms with Crippen molar-refractivity contribution in [2.24, 2.45) is 11.3 Å². The maximum atomic E-state index is 12.0. The normalized spacial score (nSPS) is 25.3. The predicted molar refractivity (Wildman–Crippen MR) is 76.3 cm³/mol. The molecule has 106 valence electrons. The minimum atomic E-state index is 0.182. The van der Waals surface area contributed by atoms with Crippen LogP contribution in [0.2, 0.25) is 0 Å². The van der Waals surface area contributed by atoms with Gasteiger partial charge in [-0.25, -0.2) is 0 Å². The van der Waals surface area contributed by atoms with Gasteiger partial charge in [0.05, 0.1) is 0 Å². The lowest BCUT2D eigenvalue weighted by Crippen LogP contribution is -2.29. The molecule has 0 radical (unpaired) electrons. The van der Waals surface area contributed by atoms with Crippen molar-refractivity contribution in [3.63, 3.8) is 0 Å². The quantitative estimate of drug-likeness (QED) is 0.785. The zero-order chi connectivity index (χ0) is 14.0. The Balaban J connectivity index is 1.81. The standard InChI is InChI=1S/C13H22N4OS/c1-4-13(3)8-9(13)11(18)14-7-6-10-15-16-12(19)17(10)5-2/h9H,4-8H2,1-3H3,(H,14,18)(H,16,19). The third-order valence-electron chi connectivity index (χ3n) is 4.28. The SMILES string of the molecule is CCn1c(CCNC(=O)C2CC2(C)CC)n[nH]c1=S. The van der Waals surface area contributed by atoms with Crippen LogP contribution in [0, 0.1) is 16.1 Å². The molecule has 2 N–H and O–H groups in total. The molecule has 1 aromatic rings. The number of amides is 1. The smallest absolute Gasteiger partial charge is 0.223 e. The van der Waals surface area contributed by atoms with Gasteiger partial charge in [0.25, 0.3) is 0 Å². The van der Waals surface area contributed by atoms with Crippen molar-refractivity contribution >= 4 is 18.1 Å². The number of hydrogen-bond donors (Lipinski definition) is 2. The van der Waals surface area contributed by atoms with Crippen LogP contribution in [0.1, 0.15) is 39.4 Å². The maximum Gasteiger partial charge on any atom is 0.223 e. The van der Waals surface area contributed by atoms with Crippen molar-refractivity contribution in [2.75, 3.05) is 6.54 Å². The number of aromatic amines is 1. The minimum Gasteiger partial charge on any atom is -0.355 e. The summed E-state index contributed by atoms with van der Waals surface area (Å²) in [5.74, 6) is 1.29. The summed E-state index contributed by atoms with van der Waals surface area (Å²) in [7, 11) is 0. The Labute approximate surface area is 118 Å². The summed E-state index contributed by atoms with van der Waals surface area (Å²) >= 11 is 5.13. The Morgan fingerprint density at radius 3 is 2.95 bits per heavy atom. The lowest BCUT2D eigenvalue weighted by Gasteiger charge is -2.08. The fourth-order valence-electron chi connectivity index (χ4n) is 2.50. The Bertz CT molecular complexity index is 521. The molecule has 1 aliphatic carbocycles. The first-order valence-corrected chi connectivity index (χ1v) is 7.34. The highest BCUT2D eigenvalue weighted by Crippen LogP contribution is 2.54. The lowest BCUT2D eigenvalue weighted by atomic mass is 10.0. The lowest BCUT2D eigenvalue weighted by molar-refractivity contribution is -0.123. The molecule has 0 bridgehead atoms. The molecule has 1 amide bonds. The summed E-state index contributed by atoms with van der Waals surface area (Å²) in [6.07, 6.45) is 2.80. The molecular formula is C13H22N4OS. The van der Waals surface area contributed by atoms with Gasteiger partial charge in [-0.2, -0.15) is 5.10 Å². The summed E-state index contributed by atoms with van der Waals surface area (Å²) < 4.78 is 2.60. The molecular weight excluding hydrogens is 260 g/mol. The fourth-order valence-corrected chi connectivity index (χ4v) is 2.78. The van der Waals surface area contributed by atoms with Crippen molar-refractivity contribution in [1.82, 2.24) is 20.1 Å². The van der Waals surface area contributed by atoms with Gasteiger partial charge in [0.1, 0.15) is 5.82 Å². The first-order chi connectivity index (χ1) is 9.01. The van der Waals surface area contributed by atoms with Crippen LogP contribution >= 0.6 is 12.2 Å². The third-order valence-corrected chi connectivity index (χ3v) is 4.59. The highest BCUT2D eigenvalue weighted by molar-refractivity contribution is 7.71. The zero-order valence-electron chi connectivity index (χ0n) is 11.8. The molecule has 19 heavy (non-hydrogen) atoms. The molecule has 1 aromatic heterocycles. The van der Waals surface area contributed by atoms with Gasteiger partial charge in [-0.3, -0.25) is 9.89 Å². The van der Waals surface area contributed by atoms with Gasteiger partial charge >= 0.3 is 0 Å². The topological polar surface area (TPSA) is 62.7 Å². The molecule has 2 rings (SSSR count).